The number of halogens is 3. The Morgan fingerprint density at radius 2 is 1.71 bits per heavy atom. The molecule has 3 nitrogen and oxygen atoms in total. The molecule has 0 aliphatic heterocycles. The van der Waals surface area contributed by atoms with E-state index in [0.29, 0.717) is 25.2 Å². The summed E-state index contributed by atoms with van der Waals surface area (Å²) in [5.41, 5.74) is 4.86. The number of nitrogens with two attached hydrogens (primary N) is 1. The van der Waals surface area contributed by atoms with Crippen LogP contribution in [-0.4, -0.2) is 30.1 Å². The Kier molecular flexibility index (Phi) is 5.89. The molecule has 0 aliphatic rings. The molecule has 120 valence electrons. The van der Waals surface area contributed by atoms with E-state index in [0.717, 1.165) is 12.1 Å². The van der Waals surface area contributed by atoms with Crippen molar-refractivity contribution in [2.75, 3.05) is 18.9 Å². The van der Waals surface area contributed by atoms with Gasteiger partial charge in [0.25, 0.3) is 0 Å². The van der Waals surface area contributed by atoms with Gasteiger partial charge >= 0.3 is 6.18 Å². The highest BCUT2D eigenvalue weighted by Gasteiger charge is 2.30. The van der Waals surface area contributed by atoms with Crippen LogP contribution in [0.2, 0.25) is 0 Å². The van der Waals surface area contributed by atoms with Crippen LogP contribution < -0.4 is 10.5 Å². The molecule has 6 heteroatoms. The average Bonchev–Trinajstić information content (AvgIpc) is 2.33. The minimum atomic E-state index is -4.39. The maximum atomic E-state index is 12.5. The number of nitrogen functional groups attached to an aromatic ring is 1. The summed E-state index contributed by atoms with van der Waals surface area (Å²) in [5.74, 6) is 0.287. The van der Waals surface area contributed by atoms with Gasteiger partial charge in [-0.1, -0.05) is 0 Å². The van der Waals surface area contributed by atoms with Crippen LogP contribution in [0, 0.1) is 0 Å². The molecule has 0 unspecified atom stereocenters. The van der Waals surface area contributed by atoms with Crippen LogP contribution in [0.5, 0.6) is 5.75 Å². The summed E-state index contributed by atoms with van der Waals surface area (Å²) < 4.78 is 43.1. The number of hydrogen-bond acceptors (Lipinski definition) is 3. The first-order valence-electron chi connectivity index (χ1n) is 6.98. The van der Waals surface area contributed by atoms with Crippen molar-refractivity contribution in [3.8, 4) is 5.75 Å². The Morgan fingerprint density at radius 3 is 2.14 bits per heavy atom. The number of anilines is 1. The Labute approximate surface area is 123 Å². The summed E-state index contributed by atoms with van der Waals surface area (Å²) in [4.78, 5) is 2.24. The third kappa shape index (κ3) is 5.12. The molecular formula is C15H23F3N2O. The minimum absolute atomic E-state index is 0.00506. The molecule has 1 aromatic carbocycles. The van der Waals surface area contributed by atoms with Gasteiger partial charge in [-0.3, -0.25) is 4.90 Å². The Bertz CT molecular complexity index is 451. The monoisotopic (exact) mass is 304 g/mol. The summed E-state index contributed by atoms with van der Waals surface area (Å²) in [5, 5.41) is 0. The molecule has 0 aliphatic carbocycles. The van der Waals surface area contributed by atoms with Crippen LogP contribution in [-0.2, 0) is 6.18 Å². The Hall–Kier alpha value is -1.43. The van der Waals surface area contributed by atoms with E-state index in [9.17, 15) is 13.2 Å². The van der Waals surface area contributed by atoms with E-state index in [1.165, 1.54) is 6.07 Å². The molecular weight excluding hydrogens is 281 g/mol. The lowest BCUT2D eigenvalue weighted by molar-refractivity contribution is -0.137. The Morgan fingerprint density at radius 1 is 1.14 bits per heavy atom. The maximum absolute atomic E-state index is 12.5. The van der Waals surface area contributed by atoms with Crippen molar-refractivity contribution in [1.29, 1.82) is 0 Å². The van der Waals surface area contributed by atoms with Gasteiger partial charge in [0.15, 0.2) is 0 Å². The normalized spacial score (nSPS) is 12.5. The molecule has 0 radical (unpaired) electrons. The molecule has 0 amide bonds. The highest BCUT2D eigenvalue weighted by atomic mass is 19.4. The summed E-state index contributed by atoms with van der Waals surface area (Å²) >= 11 is 0. The zero-order chi connectivity index (χ0) is 16.2. The van der Waals surface area contributed by atoms with Gasteiger partial charge in [0.2, 0.25) is 0 Å². The zero-order valence-electron chi connectivity index (χ0n) is 12.9. The molecule has 0 bridgehead atoms. The van der Waals surface area contributed by atoms with Crippen LogP contribution in [0.15, 0.2) is 18.2 Å². The van der Waals surface area contributed by atoms with Crippen molar-refractivity contribution in [3.63, 3.8) is 0 Å². The third-order valence-corrected chi connectivity index (χ3v) is 3.27. The standard InChI is InChI=1S/C15H23F3N2O/c1-10(2)20(11(3)4)7-8-21-14-6-5-12(9-13(14)19)15(16,17)18/h5-6,9-11H,7-8,19H2,1-4H3. The van der Waals surface area contributed by atoms with E-state index in [-0.39, 0.29) is 11.4 Å². The summed E-state index contributed by atoms with van der Waals surface area (Å²) in [7, 11) is 0. The van der Waals surface area contributed by atoms with Crippen LogP contribution in [0.1, 0.15) is 33.3 Å². The number of rotatable bonds is 6. The van der Waals surface area contributed by atoms with E-state index >= 15 is 0 Å². The molecule has 0 atom stereocenters. The summed E-state index contributed by atoms with van der Waals surface area (Å²) in [6, 6.07) is 3.90. The fourth-order valence-corrected chi connectivity index (χ4v) is 2.23. The predicted molar refractivity (Wildman–Crippen MR) is 78.3 cm³/mol. The van der Waals surface area contributed by atoms with E-state index in [4.69, 9.17) is 10.5 Å². The number of hydrogen-bond donors (Lipinski definition) is 1. The largest absolute Gasteiger partial charge is 0.490 e. The van der Waals surface area contributed by atoms with Crippen molar-refractivity contribution in [3.05, 3.63) is 23.8 Å². The second-order valence-corrected chi connectivity index (χ2v) is 5.52. The van der Waals surface area contributed by atoms with E-state index in [1.807, 2.05) is 0 Å². The Balaban J connectivity index is 2.64. The smallest absolute Gasteiger partial charge is 0.416 e. The molecule has 0 heterocycles. The van der Waals surface area contributed by atoms with Gasteiger partial charge in [0.05, 0.1) is 11.3 Å². The van der Waals surface area contributed by atoms with Crippen molar-refractivity contribution >= 4 is 5.69 Å². The van der Waals surface area contributed by atoms with Gasteiger partial charge in [-0.05, 0) is 45.9 Å². The second-order valence-electron chi connectivity index (χ2n) is 5.52. The molecule has 0 spiro atoms. The third-order valence-electron chi connectivity index (χ3n) is 3.27. The zero-order valence-corrected chi connectivity index (χ0v) is 12.9. The fraction of sp³-hybridized carbons (Fsp3) is 0.600. The van der Waals surface area contributed by atoms with Crippen molar-refractivity contribution in [1.82, 2.24) is 4.90 Å². The number of nitrogens with zero attached hydrogens (tertiary/aromatic N) is 1. The molecule has 0 saturated carbocycles. The van der Waals surface area contributed by atoms with Gasteiger partial charge < -0.3 is 10.5 Å². The molecule has 1 aromatic rings. The van der Waals surface area contributed by atoms with Gasteiger partial charge in [-0.25, -0.2) is 0 Å². The molecule has 21 heavy (non-hydrogen) atoms. The van der Waals surface area contributed by atoms with Gasteiger partial charge in [0.1, 0.15) is 12.4 Å². The second kappa shape index (κ2) is 7.02. The van der Waals surface area contributed by atoms with Gasteiger partial charge in [-0.2, -0.15) is 13.2 Å². The highest BCUT2D eigenvalue weighted by Crippen LogP contribution is 2.33. The van der Waals surface area contributed by atoms with Crippen molar-refractivity contribution in [2.24, 2.45) is 0 Å². The van der Waals surface area contributed by atoms with Crippen LogP contribution in [0.25, 0.3) is 0 Å². The highest BCUT2D eigenvalue weighted by molar-refractivity contribution is 5.54. The molecule has 0 aromatic heterocycles. The molecule has 1 rings (SSSR count). The van der Waals surface area contributed by atoms with Crippen LogP contribution >= 0.6 is 0 Å². The lowest BCUT2D eigenvalue weighted by Gasteiger charge is -2.30. The first-order valence-corrected chi connectivity index (χ1v) is 6.98. The first kappa shape index (κ1) is 17.6. The van der Waals surface area contributed by atoms with Crippen molar-refractivity contribution < 1.29 is 17.9 Å². The van der Waals surface area contributed by atoms with E-state index in [2.05, 4.69) is 32.6 Å². The molecule has 2 N–H and O–H groups in total. The lowest BCUT2D eigenvalue weighted by atomic mass is 10.2. The molecule has 0 saturated heterocycles. The van der Waals surface area contributed by atoms with Crippen molar-refractivity contribution in [2.45, 2.75) is 46.0 Å². The van der Waals surface area contributed by atoms with E-state index < -0.39 is 11.7 Å². The van der Waals surface area contributed by atoms with Gasteiger partial charge in [0, 0.05) is 18.6 Å². The summed E-state index contributed by atoms with van der Waals surface area (Å²) in [6.07, 6.45) is -4.39. The molecule has 0 fully saturated rings. The minimum Gasteiger partial charge on any atom is -0.490 e. The summed E-state index contributed by atoms with van der Waals surface area (Å²) in [6.45, 7) is 9.43. The SMILES string of the molecule is CC(C)N(CCOc1ccc(C(F)(F)F)cc1N)C(C)C. The lowest BCUT2D eigenvalue weighted by Crippen LogP contribution is -2.39. The first-order chi connectivity index (χ1) is 9.62. The predicted octanol–water partition coefficient (Wildman–Crippen LogP) is 3.79. The van der Waals surface area contributed by atoms with Crippen LogP contribution in [0.4, 0.5) is 18.9 Å². The van der Waals surface area contributed by atoms with Gasteiger partial charge in [-0.15, -0.1) is 0 Å². The fourth-order valence-electron chi connectivity index (χ4n) is 2.23. The number of ether oxygens (including phenoxy) is 1. The van der Waals surface area contributed by atoms with E-state index in [1.54, 1.807) is 0 Å². The quantitative estimate of drug-likeness (QED) is 0.813. The number of benzene rings is 1. The topological polar surface area (TPSA) is 38.5 Å². The average molecular weight is 304 g/mol. The van der Waals surface area contributed by atoms with Crippen LogP contribution in [0.3, 0.4) is 0 Å². The number of alkyl halides is 3. The maximum Gasteiger partial charge on any atom is 0.416 e.